The molecule has 1 aromatic rings. The van der Waals surface area contributed by atoms with Gasteiger partial charge in [0.05, 0.1) is 12.7 Å². The van der Waals surface area contributed by atoms with Crippen LogP contribution in [0.25, 0.3) is 0 Å². The van der Waals surface area contributed by atoms with Crippen LogP contribution in [0.4, 0.5) is 5.69 Å². The van der Waals surface area contributed by atoms with Gasteiger partial charge in [0.25, 0.3) is 0 Å². The highest BCUT2D eigenvalue weighted by Crippen LogP contribution is 2.34. The Morgan fingerprint density at radius 1 is 1.47 bits per heavy atom. The minimum atomic E-state index is -3.65. The molecule has 1 aliphatic rings. The molecule has 6 nitrogen and oxygen atoms in total. The summed E-state index contributed by atoms with van der Waals surface area (Å²) in [5, 5.41) is 9.91. The third-order valence-electron chi connectivity index (χ3n) is 3.40. The van der Waals surface area contributed by atoms with E-state index in [4.69, 9.17) is 10.5 Å². The van der Waals surface area contributed by atoms with Crippen molar-refractivity contribution in [1.82, 2.24) is 4.31 Å². The second-order valence-electron chi connectivity index (χ2n) is 4.76. The first-order valence-corrected chi connectivity index (χ1v) is 7.42. The van der Waals surface area contributed by atoms with Gasteiger partial charge >= 0.3 is 0 Å². The lowest BCUT2D eigenvalue weighted by Crippen LogP contribution is -2.62. The van der Waals surface area contributed by atoms with Gasteiger partial charge in [0.2, 0.25) is 10.0 Å². The number of anilines is 1. The predicted octanol–water partition coefficient (Wildman–Crippen LogP) is 0.423. The normalized spacial score (nSPS) is 18.9. The third kappa shape index (κ3) is 2.41. The topological polar surface area (TPSA) is 92.9 Å². The van der Waals surface area contributed by atoms with Crippen molar-refractivity contribution in [3.8, 4) is 5.75 Å². The van der Waals surface area contributed by atoms with E-state index in [9.17, 15) is 13.5 Å². The summed E-state index contributed by atoms with van der Waals surface area (Å²) >= 11 is 0. The molecule has 3 N–H and O–H groups in total. The van der Waals surface area contributed by atoms with Crippen LogP contribution in [0.15, 0.2) is 23.1 Å². The van der Waals surface area contributed by atoms with Crippen LogP contribution in [0, 0.1) is 0 Å². The van der Waals surface area contributed by atoms with Gasteiger partial charge in [-0.15, -0.1) is 0 Å². The number of rotatable bonds is 4. The van der Waals surface area contributed by atoms with Gasteiger partial charge in [-0.1, -0.05) is 6.92 Å². The zero-order valence-corrected chi connectivity index (χ0v) is 11.8. The number of aliphatic hydroxyl groups is 1. The summed E-state index contributed by atoms with van der Waals surface area (Å²) in [6.45, 7) is 2.05. The molecule has 1 fully saturated rings. The minimum Gasteiger partial charge on any atom is -0.495 e. The summed E-state index contributed by atoms with van der Waals surface area (Å²) < 4.78 is 31.1. The van der Waals surface area contributed by atoms with E-state index in [1.165, 1.54) is 29.6 Å². The summed E-state index contributed by atoms with van der Waals surface area (Å²) in [6, 6.07) is 4.41. The molecule has 106 valence electrons. The van der Waals surface area contributed by atoms with Crippen molar-refractivity contribution in [2.45, 2.75) is 23.8 Å². The fraction of sp³-hybridized carbons (Fsp3) is 0.500. The number of ether oxygens (including phenoxy) is 1. The second-order valence-corrected chi connectivity index (χ2v) is 6.67. The maximum Gasteiger partial charge on any atom is 0.246 e. The zero-order chi connectivity index (χ0) is 14.3. The molecule has 0 atom stereocenters. The molecule has 1 saturated heterocycles. The number of hydrogen-bond donors (Lipinski definition) is 2. The van der Waals surface area contributed by atoms with Crippen molar-refractivity contribution in [2.24, 2.45) is 0 Å². The van der Waals surface area contributed by atoms with Crippen LogP contribution < -0.4 is 10.5 Å². The van der Waals surface area contributed by atoms with E-state index in [1.54, 1.807) is 0 Å². The molecule has 0 bridgehead atoms. The summed E-state index contributed by atoms with van der Waals surface area (Å²) in [5.74, 6) is 0.215. The Morgan fingerprint density at radius 2 is 2.11 bits per heavy atom. The maximum absolute atomic E-state index is 12.4. The Labute approximate surface area is 112 Å². The monoisotopic (exact) mass is 286 g/mol. The number of benzene rings is 1. The predicted molar refractivity (Wildman–Crippen MR) is 71.4 cm³/mol. The molecule has 0 aromatic heterocycles. The largest absolute Gasteiger partial charge is 0.495 e. The molecular weight excluding hydrogens is 268 g/mol. The van der Waals surface area contributed by atoms with Crippen molar-refractivity contribution in [1.29, 1.82) is 0 Å². The van der Waals surface area contributed by atoms with Crippen LogP contribution in [0.1, 0.15) is 13.3 Å². The Morgan fingerprint density at radius 3 is 2.63 bits per heavy atom. The summed E-state index contributed by atoms with van der Waals surface area (Å²) in [4.78, 5) is 0.0716. The molecule has 7 heteroatoms. The third-order valence-corrected chi connectivity index (χ3v) is 5.24. The molecule has 0 radical (unpaired) electrons. The highest BCUT2D eigenvalue weighted by Gasteiger charge is 2.46. The van der Waals surface area contributed by atoms with Crippen LogP contribution in [0.5, 0.6) is 5.75 Å². The van der Waals surface area contributed by atoms with Crippen molar-refractivity contribution in [3.05, 3.63) is 18.2 Å². The number of nitrogens with zero attached hydrogens (tertiary/aromatic N) is 1. The van der Waals surface area contributed by atoms with E-state index in [2.05, 4.69) is 0 Å². The number of β-amino-alcohol motifs (C(OH)–C–C–N with tert-alkyl or cyclic N) is 1. The number of hydrogen-bond acceptors (Lipinski definition) is 5. The van der Waals surface area contributed by atoms with Crippen LogP contribution >= 0.6 is 0 Å². The molecule has 19 heavy (non-hydrogen) atoms. The van der Waals surface area contributed by atoms with Crippen molar-refractivity contribution in [3.63, 3.8) is 0 Å². The highest BCUT2D eigenvalue weighted by molar-refractivity contribution is 7.89. The van der Waals surface area contributed by atoms with Gasteiger partial charge in [-0.25, -0.2) is 8.42 Å². The van der Waals surface area contributed by atoms with Crippen LogP contribution in [-0.2, 0) is 10.0 Å². The lowest BCUT2D eigenvalue weighted by Gasteiger charge is -2.44. The molecule has 1 aliphatic heterocycles. The number of sulfonamides is 1. The second kappa shape index (κ2) is 4.66. The SMILES string of the molecule is CCC1(O)CN(S(=O)(=O)c2ccc(N)cc2OC)C1. The first kappa shape index (κ1) is 14.1. The Kier molecular flexibility index (Phi) is 3.46. The minimum absolute atomic E-state index is 0.0716. The van der Waals surface area contributed by atoms with Crippen LogP contribution in [0.2, 0.25) is 0 Å². The Hall–Kier alpha value is -1.31. The van der Waals surface area contributed by atoms with E-state index < -0.39 is 15.6 Å². The van der Waals surface area contributed by atoms with E-state index in [-0.39, 0.29) is 23.7 Å². The van der Waals surface area contributed by atoms with Crippen molar-refractivity contribution >= 4 is 15.7 Å². The molecule has 1 heterocycles. The van der Waals surface area contributed by atoms with Gasteiger partial charge in [-0.05, 0) is 18.6 Å². The standard InChI is InChI=1S/C12H18N2O4S/c1-3-12(15)7-14(8-12)19(16,17)11-5-4-9(13)6-10(11)18-2/h4-6,15H,3,7-8,13H2,1-2H3. The fourth-order valence-electron chi connectivity index (χ4n) is 2.04. The molecule has 0 amide bonds. The molecular formula is C12H18N2O4S. The first-order chi connectivity index (χ1) is 8.82. The Bertz CT molecular complexity index is 579. The Balaban J connectivity index is 2.32. The van der Waals surface area contributed by atoms with E-state index in [1.807, 2.05) is 6.92 Å². The molecule has 0 spiro atoms. The van der Waals surface area contributed by atoms with Gasteiger partial charge in [0.15, 0.2) is 0 Å². The van der Waals surface area contributed by atoms with Crippen molar-refractivity contribution in [2.75, 3.05) is 25.9 Å². The van der Waals surface area contributed by atoms with E-state index in [0.29, 0.717) is 12.1 Å². The maximum atomic E-state index is 12.4. The van der Waals surface area contributed by atoms with Gasteiger partial charge in [0, 0.05) is 24.8 Å². The van der Waals surface area contributed by atoms with Crippen LogP contribution in [0.3, 0.4) is 0 Å². The molecule has 0 unspecified atom stereocenters. The van der Waals surface area contributed by atoms with E-state index >= 15 is 0 Å². The van der Waals surface area contributed by atoms with Gasteiger partial charge in [0.1, 0.15) is 10.6 Å². The quantitative estimate of drug-likeness (QED) is 0.783. The number of methoxy groups -OCH3 is 1. The summed E-state index contributed by atoms with van der Waals surface area (Å²) in [6.07, 6.45) is 0.526. The fourth-order valence-corrected chi connectivity index (χ4v) is 3.78. The summed E-state index contributed by atoms with van der Waals surface area (Å²) in [7, 11) is -2.25. The molecule has 1 aromatic carbocycles. The first-order valence-electron chi connectivity index (χ1n) is 5.98. The average Bonchev–Trinajstić information content (AvgIpc) is 2.34. The summed E-state index contributed by atoms with van der Waals surface area (Å²) in [5.41, 5.74) is 5.13. The molecule has 0 saturated carbocycles. The van der Waals surface area contributed by atoms with Gasteiger partial charge in [-0.3, -0.25) is 0 Å². The smallest absolute Gasteiger partial charge is 0.246 e. The van der Waals surface area contributed by atoms with Gasteiger partial charge < -0.3 is 15.6 Å². The highest BCUT2D eigenvalue weighted by atomic mass is 32.2. The molecule has 0 aliphatic carbocycles. The van der Waals surface area contributed by atoms with E-state index in [0.717, 1.165) is 0 Å². The average molecular weight is 286 g/mol. The molecule has 2 rings (SSSR count). The lowest BCUT2D eigenvalue weighted by atomic mass is 9.94. The number of nitrogens with two attached hydrogens (primary N) is 1. The van der Waals surface area contributed by atoms with Crippen molar-refractivity contribution < 1.29 is 18.3 Å². The van der Waals surface area contributed by atoms with Crippen LogP contribution in [-0.4, -0.2) is 43.6 Å². The number of nitrogen functional groups attached to an aromatic ring is 1. The lowest BCUT2D eigenvalue weighted by molar-refractivity contribution is -0.0613. The zero-order valence-electron chi connectivity index (χ0n) is 11.0. The van der Waals surface area contributed by atoms with Gasteiger partial charge in [-0.2, -0.15) is 4.31 Å².